The van der Waals surface area contributed by atoms with Crippen LogP contribution in [0.3, 0.4) is 0 Å². The largest absolute Gasteiger partial charge is 0.339 e. The number of aromatic nitrogens is 4. The fraction of sp³-hybridized carbons (Fsp3) is 0.316. The molecule has 0 saturated heterocycles. The second-order valence-electron chi connectivity index (χ2n) is 6.66. The van der Waals surface area contributed by atoms with E-state index in [4.69, 9.17) is 4.52 Å². The van der Waals surface area contributed by atoms with Crippen molar-refractivity contribution >= 4 is 5.91 Å². The van der Waals surface area contributed by atoms with E-state index in [-0.39, 0.29) is 23.7 Å². The lowest BCUT2D eigenvalue weighted by Crippen LogP contribution is -2.38. The van der Waals surface area contributed by atoms with Crippen LogP contribution in [-0.2, 0) is 31.2 Å². The van der Waals surface area contributed by atoms with Crippen LogP contribution >= 0.6 is 0 Å². The number of hydrogen-bond acceptors (Lipinski definition) is 6. The lowest BCUT2D eigenvalue weighted by Gasteiger charge is -2.28. The molecule has 1 aliphatic rings. The highest BCUT2D eigenvalue weighted by Gasteiger charge is 2.23. The summed E-state index contributed by atoms with van der Waals surface area (Å²) in [6.45, 7) is 0.934. The molecule has 0 N–H and O–H groups in total. The van der Waals surface area contributed by atoms with Crippen molar-refractivity contribution in [3.05, 3.63) is 63.7 Å². The first kappa shape index (κ1) is 18.0. The predicted molar refractivity (Wildman–Crippen MR) is 96.6 cm³/mol. The monoisotopic (exact) mass is 383 g/mol. The van der Waals surface area contributed by atoms with Crippen LogP contribution in [0.1, 0.15) is 23.6 Å². The number of carbonyl (C=O) groups excluding carboxylic acids is 1. The molecule has 1 aromatic carbocycles. The van der Waals surface area contributed by atoms with Gasteiger partial charge in [0.15, 0.2) is 0 Å². The summed E-state index contributed by atoms with van der Waals surface area (Å²) in [6, 6.07) is 7.32. The van der Waals surface area contributed by atoms with Gasteiger partial charge in [-0.25, -0.2) is 9.07 Å². The van der Waals surface area contributed by atoms with Gasteiger partial charge in [-0.3, -0.25) is 9.59 Å². The highest BCUT2D eigenvalue weighted by Crippen LogP contribution is 2.18. The lowest BCUT2D eigenvalue weighted by atomic mass is 10.1. The third-order valence-corrected chi connectivity index (χ3v) is 4.71. The van der Waals surface area contributed by atoms with Crippen LogP contribution in [0.5, 0.6) is 0 Å². The van der Waals surface area contributed by atoms with Crippen LogP contribution in [0.15, 0.2) is 39.6 Å². The van der Waals surface area contributed by atoms with Crippen LogP contribution in [0.4, 0.5) is 4.39 Å². The van der Waals surface area contributed by atoms with Gasteiger partial charge in [0.1, 0.15) is 5.82 Å². The van der Waals surface area contributed by atoms with Crippen LogP contribution in [0.25, 0.3) is 11.4 Å². The highest BCUT2D eigenvalue weighted by atomic mass is 19.1. The van der Waals surface area contributed by atoms with Gasteiger partial charge in [0, 0.05) is 56.6 Å². The SMILES string of the molecule is Cn1nc2c(cc1=O)CN(C(=O)CCc1nc(-c3ccc(F)cc3)no1)CC2. The minimum Gasteiger partial charge on any atom is -0.339 e. The molecule has 1 aliphatic heterocycles. The molecule has 1 amide bonds. The van der Waals surface area contributed by atoms with Gasteiger partial charge in [-0.2, -0.15) is 10.1 Å². The van der Waals surface area contributed by atoms with Gasteiger partial charge in [0.25, 0.3) is 5.56 Å². The molecule has 3 aromatic rings. The Kier molecular flexibility index (Phi) is 4.72. The van der Waals surface area contributed by atoms with Crippen LogP contribution in [-0.4, -0.2) is 37.3 Å². The summed E-state index contributed by atoms with van der Waals surface area (Å²) in [7, 11) is 1.62. The van der Waals surface area contributed by atoms with Crippen LogP contribution in [0.2, 0.25) is 0 Å². The fourth-order valence-corrected chi connectivity index (χ4v) is 3.15. The Morgan fingerprint density at radius 3 is 2.86 bits per heavy atom. The molecule has 8 nitrogen and oxygen atoms in total. The third-order valence-electron chi connectivity index (χ3n) is 4.71. The number of fused-ring (bicyclic) bond motifs is 1. The van der Waals surface area contributed by atoms with E-state index in [1.54, 1.807) is 24.1 Å². The van der Waals surface area contributed by atoms with Gasteiger partial charge in [-0.15, -0.1) is 0 Å². The maximum Gasteiger partial charge on any atom is 0.266 e. The zero-order valence-corrected chi connectivity index (χ0v) is 15.3. The van der Waals surface area contributed by atoms with E-state index in [1.165, 1.54) is 22.9 Å². The highest BCUT2D eigenvalue weighted by molar-refractivity contribution is 5.76. The molecule has 28 heavy (non-hydrogen) atoms. The molecule has 4 rings (SSSR count). The molecule has 3 heterocycles. The summed E-state index contributed by atoms with van der Waals surface area (Å²) in [5.41, 5.74) is 2.10. The van der Waals surface area contributed by atoms with Crippen molar-refractivity contribution in [3.63, 3.8) is 0 Å². The van der Waals surface area contributed by atoms with Crippen molar-refractivity contribution < 1.29 is 13.7 Å². The third kappa shape index (κ3) is 3.68. The first-order valence-electron chi connectivity index (χ1n) is 8.92. The van der Waals surface area contributed by atoms with E-state index < -0.39 is 0 Å². The molecule has 0 atom stereocenters. The average molecular weight is 383 g/mol. The summed E-state index contributed by atoms with van der Waals surface area (Å²) in [4.78, 5) is 30.3. The van der Waals surface area contributed by atoms with E-state index in [0.717, 1.165) is 11.3 Å². The van der Waals surface area contributed by atoms with E-state index >= 15 is 0 Å². The smallest absolute Gasteiger partial charge is 0.266 e. The van der Waals surface area contributed by atoms with E-state index in [1.807, 2.05) is 0 Å². The number of nitrogens with zero attached hydrogens (tertiary/aromatic N) is 5. The van der Waals surface area contributed by atoms with E-state index in [0.29, 0.717) is 43.2 Å². The van der Waals surface area contributed by atoms with Gasteiger partial charge < -0.3 is 9.42 Å². The Hall–Kier alpha value is -3.36. The Labute approximate surface area is 159 Å². The topological polar surface area (TPSA) is 94.1 Å². The number of amides is 1. The maximum atomic E-state index is 13.0. The van der Waals surface area contributed by atoms with Gasteiger partial charge in [0.2, 0.25) is 17.6 Å². The molecule has 0 fully saturated rings. The Balaban J connectivity index is 1.38. The standard InChI is InChI=1S/C19H18FN5O3/c1-24-18(27)10-13-11-25(9-8-15(13)22-24)17(26)7-6-16-21-19(23-28-16)12-2-4-14(20)5-3-12/h2-5,10H,6-9,11H2,1H3. The zero-order chi connectivity index (χ0) is 19.7. The molecule has 0 spiro atoms. The fourth-order valence-electron chi connectivity index (χ4n) is 3.15. The predicted octanol–water partition coefficient (Wildman–Crippen LogP) is 1.49. The van der Waals surface area contributed by atoms with Crippen molar-refractivity contribution in [2.24, 2.45) is 7.05 Å². The molecule has 9 heteroatoms. The van der Waals surface area contributed by atoms with Crippen molar-refractivity contribution in [1.82, 2.24) is 24.8 Å². The van der Waals surface area contributed by atoms with Crippen LogP contribution in [0, 0.1) is 5.82 Å². The summed E-state index contributed by atoms with van der Waals surface area (Å²) in [5, 5.41) is 8.12. The second kappa shape index (κ2) is 7.34. The first-order chi connectivity index (χ1) is 13.5. The maximum absolute atomic E-state index is 13.0. The van der Waals surface area contributed by atoms with E-state index in [9.17, 15) is 14.0 Å². The molecule has 2 aromatic heterocycles. The minimum atomic E-state index is -0.339. The normalized spacial score (nSPS) is 13.4. The Bertz CT molecular complexity index is 1070. The van der Waals surface area contributed by atoms with Crippen molar-refractivity contribution in [3.8, 4) is 11.4 Å². The number of aryl methyl sites for hydroxylation is 2. The van der Waals surface area contributed by atoms with Gasteiger partial charge >= 0.3 is 0 Å². The summed E-state index contributed by atoms with van der Waals surface area (Å²) >= 11 is 0. The Morgan fingerprint density at radius 1 is 1.29 bits per heavy atom. The molecule has 0 radical (unpaired) electrons. The molecule has 0 aliphatic carbocycles. The summed E-state index contributed by atoms with van der Waals surface area (Å²) in [5.74, 6) is 0.318. The number of rotatable bonds is 4. The lowest BCUT2D eigenvalue weighted by molar-refractivity contribution is -0.132. The molecular formula is C19H18FN5O3. The summed E-state index contributed by atoms with van der Waals surface area (Å²) < 4.78 is 19.5. The summed E-state index contributed by atoms with van der Waals surface area (Å²) in [6.07, 6.45) is 1.15. The van der Waals surface area contributed by atoms with Crippen molar-refractivity contribution in [2.75, 3.05) is 6.54 Å². The molecule has 144 valence electrons. The molecule has 0 unspecified atom stereocenters. The number of hydrogen-bond donors (Lipinski definition) is 0. The average Bonchev–Trinajstić information content (AvgIpc) is 3.16. The van der Waals surface area contributed by atoms with Crippen LogP contribution < -0.4 is 5.56 Å². The zero-order valence-electron chi connectivity index (χ0n) is 15.3. The first-order valence-corrected chi connectivity index (χ1v) is 8.92. The van der Waals surface area contributed by atoms with E-state index in [2.05, 4.69) is 15.2 Å². The quantitative estimate of drug-likeness (QED) is 0.678. The number of halogens is 1. The van der Waals surface area contributed by atoms with Gasteiger partial charge in [-0.1, -0.05) is 5.16 Å². The molecule has 0 saturated carbocycles. The Morgan fingerprint density at radius 2 is 2.07 bits per heavy atom. The van der Waals surface area contributed by atoms with Crippen molar-refractivity contribution in [1.29, 1.82) is 0 Å². The van der Waals surface area contributed by atoms with Crippen molar-refractivity contribution in [2.45, 2.75) is 25.8 Å². The molecular weight excluding hydrogens is 365 g/mol. The number of carbonyl (C=O) groups is 1. The van der Waals surface area contributed by atoms with Gasteiger partial charge in [0.05, 0.1) is 5.69 Å². The second-order valence-corrected chi connectivity index (χ2v) is 6.66. The van der Waals surface area contributed by atoms with Gasteiger partial charge in [-0.05, 0) is 24.3 Å². The molecule has 0 bridgehead atoms. The number of benzene rings is 1. The minimum absolute atomic E-state index is 0.0483.